The second-order valence-corrected chi connectivity index (χ2v) is 8.01. The normalized spacial score (nSPS) is 10.7. The Labute approximate surface area is 154 Å². The fraction of sp³-hybridized carbons (Fsp3) is 0.167. The highest BCUT2D eigenvalue weighted by Crippen LogP contribution is 2.38. The van der Waals surface area contributed by atoms with Crippen LogP contribution in [0.1, 0.15) is 19.4 Å². The van der Waals surface area contributed by atoms with Crippen LogP contribution in [0, 0.1) is 12.3 Å². The van der Waals surface area contributed by atoms with Gasteiger partial charge in [0.2, 0.25) is 0 Å². The molecule has 0 bridgehead atoms. The number of hydrogen-bond donors (Lipinski definition) is 2. The number of aryl methyl sites for hydroxylation is 1. The van der Waals surface area contributed by atoms with E-state index in [9.17, 15) is 4.79 Å². The van der Waals surface area contributed by atoms with Gasteiger partial charge in [-0.1, -0.05) is 30.3 Å². The minimum Gasteiger partial charge on any atom is -0.383 e. The number of nitrogens with zero attached hydrogens (tertiary/aromatic N) is 2. The maximum Gasteiger partial charge on any atom is 0.265 e. The number of aromatic nitrogens is 1. The van der Waals surface area contributed by atoms with Gasteiger partial charge in [-0.15, -0.1) is 22.7 Å². The summed E-state index contributed by atoms with van der Waals surface area (Å²) in [4.78, 5) is 21.3. The van der Waals surface area contributed by atoms with Gasteiger partial charge in [0.25, 0.3) is 5.91 Å². The zero-order chi connectivity index (χ0) is 18.1. The molecule has 128 valence electrons. The van der Waals surface area contributed by atoms with E-state index < -0.39 is 0 Å². The minimum absolute atomic E-state index is 0.0452. The van der Waals surface area contributed by atoms with Crippen molar-refractivity contribution >= 4 is 34.4 Å². The van der Waals surface area contributed by atoms with Gasteiger partial charge in [0.15, 0.2) is 0 Å². The van der Waals surface area contributed by atoms with Crippen molar-refractivity contribution in [3.05, 3.63) is 51.0 Å². The summed E-state index contributed by atoms with van der Waals surface area (Å²) < 4.78 is 0. The molecule has 0 aliphatic rings. The monoisotopic (exact) mass is 370 g/mol. The first-order valence-electron chi connectivity index (χ1n) is 7.61. The van der Waals surface area contributed by atoms with Crippen molar-refractivity contribution in [3.8, 4) is 21.8 Å². The van der Waals surface area contributed by atoms with Crippen LogP contribution in [0.4, 0.5) is 0 Å². The highest BCUT2D eigenvalue weighted by Gasteiger charge is 2.23. The van der Waals surface area contributed by atoms with Gasteiger partial charge in [0.05, 0.1) is 10.6 Å². The fourth-order valence-electron chi connectivity index (χ4n) is 2.40. The average molecular weight is 371 g/mol. The first-order valence-corrected chi connectivity index (χ1v) is 9.25. The lowest BCUT2D eigenvalue weighted by molar-refractivity contribution is 0.0832. The van der Waals surface area contributed by atoms with Crippen LogP contribution in [-0.4, -0.2) is 35.7 Å². The molecule has 1 amide bonds. The van der Waals surface area contributed by atoms with Crippen LogP contribution in [-0.2, 0) is 0 Å². The number of nitrogens with two attached hydrogens (primary N) is 1. The van der Waals surface area contributed by atoms with E-state index in [1.807, 2.05) is 43.3 Å². The van der Waals surface area contributed by atoms with E-state index >= 15 is 0 Å². The van der Waals surface area contributed by atoms with E-state index in [0.29, 0.717) is 15.4 Å². The molecule has 0 saturated carbocycles. The summed E-state index contributed by atoms with van der Waals surface area (Å²) in [6.07, 6.45) is 0. The molecule has 2 heterocycles. The molecule has 2 aromatic heterocycles. The van der Waals surface area contributed by atoms with E-state index in [1.54, 1.807) is 19.0 Å². The van der Waals surface area contributed by atoms with Crippen LogP contribution in [0.15, 0.2) is 36.4 Å². The van der Waals surface area contributed by atoms with Crippen LogP contribution in [0.5, 0.6) is 0 Å². The third kappa shape index (κ3) is 3.33. The number of hydrogen-bond acceptors (Lipinski definition) is 5. The number of thiophene rings is 1. The van der Waals surface area contributed by atoms with Gasteiger partial charge in [0.1, 0.15) is 15.7 Å². The Morgan fingerprint density at radius 2 is 1.88 bits per heavy atom. The van der Waals surface area contributed by atoms with Gasteiger partial charge in [-0.05, 0) is 13.0 Å². The second kappa shape index (κ2) is 6.78. The summed E-state index contributed by atoms with van der Waals surface area (Å²) in [5, 5.41) is 8.39. The van der Waals surface area contributed by atoms with Crippen molar-refractivity contribution in [2.24, 2.45) is 5.73 Å². The third-order valence-corrected chi connectivity index (χ3v) is 5.85. The second-order valence-electron chi connectivity index (χ2n) is 5.76. The largest absolute Gasteiger partial charge is 0.383 e. The molecule has 3 N–H and O–H groups in total. The number of amidine groups is 1. The summed E-state index contributed by atoms with van der Waals surface area (Å²) in [6.45, 7) is 1.98. The standard InChI is InChI=1S/C18H18N4OS2/c1-10-12(9-13(24-10)16(19)20)17-21-14(11-7-5-4-6-8-11)15(25-17)18(23)22(2)3/h4-9H,1-3H3,(H3,19,20). The summed E-state index contributed by atoms with van der Waals surface area (Å²) in [5.74, 6) is -0.0222. The molecule has 0 aliphatic carbocycles. The van der Waals surface area contributed by atoms with Crippen molar-refractivity contribution < 1.29 is 4.79 Å². The maximum absolute atomic E-state index is 12.6. The molecule has 1 aromatic carbocycles. The van der Waals surface area contributed by atoms with Gasteiger partial charge < -0.3 is 10.6 Å². The summed E-state index contributed by atoms with van der Waals surface area (Å²) >= 11 is 2.84. The average Bonchev–Trinajstić information content (AvgIpc) is 3.18. The number of carbonyl (C=O) groups is 1. The van der Waals surface area contributed by atoms with Crippen molar-refractivity contribution in [2.45, 2.75) is 6.92 Å². The fourth-order valence-corrected chi connectivity index (χ4v) is 4.53. The van der Waals surface area contributed by atoms with E-state index in [4.69, 9.17) is 16.1 Å². The van der Waals surface area contributed by atoms with Gasteiger partial charge in [-0.2, -0.15) is 0 Å². The summed E-state index contributed by atoms with van der Waals surface area (Å²) in [5.41, 5.74) is 8.13. The van der Waals surface area contributed by atoms with Gasteiger partial charge >= 0.3 is 0 Å². The zero-order valence-corrected chi connectivity index (χ0v) is 15.8. The lowest BCUT2D eigenvalue weighted by Gasteiger charge is -2.09. The highest BCUT2D eigenvalue weighted by molar-refractivity contribution is 7.18. The number of benzene rings is 1. The first-order chi connectivity index (χ1) is 11.9. The quantitative estimate of drug-likeness (QED) is 0.541. The third-order valence-electron chi connectivity index (χ3n) is 3.69. The summed E-state index contributed by atoms with van der Waals surface area (Å²) in [6, 6.07) is 11.6. The van der Waals surface area contributed by atoms with E-state index in [-0.39, 0.29) is 11.7 Å². The Bertz CT molecular complexity index is 941. The summed E-state index contributed by atoms with van der Waals surface area (Å²) in [7, 11) is 3.47. The van der Waals surface area contributed by atoms with E-state index in [1.165, 1.54) is 22.7 Å². The molecule has 0 fully saturated rings. The first kappa shape index (κ1) is 17.3. The van der Waals surface area contributed by atoms with Gasteiger partial charge in [-0.3, -0.25) is 10.2 Å². The molecule has 3 rings (SSSR count). The molecule has 7 heteroatoms. The molecule has 0 spiro atoms. The Hall–Kier alpha value is -2.51. The predicted octanol–water partition coefficient (Wildman–Crippen LogP) is 3.83. The van der Waals surface area contributed by atoms with Crippen LogP contribution >= 0.6 is 22.7 Å². The van der Waals surface area contributed by atoms with Crippen LogP contribution in [0.2, 0.25) is 0 Å². The maximum atomic E-state index is 12.6. The number of thiazole rings is 1. The topological polar surface area (TPSA) is 83.1 Å². The molecule has 0 radical (unpaired) electrons. The predicted molar refractivity (Wildman–Crippen MR) is 105 cm³/mol. The number of nitrogen functional groups attached to an aromatic ring is 1. The van der Waals surface area contributed by atoms with Crippen molar-refractivity contribution in [2.75, 3.05) is 14.1 Å². The van der Waals surface area contributed by atoms with Gasteiger partial charge in [-0.25, -0.2) is 4.98 Å². The Morgan fingerprint density at radius 1 is 1.20 bits per heavy atom. The van der Waals surface area contributed by atoms with Crippen LogP contribution < -0.4 is 5.73 Å². The smallest absolute Gasteiger partial charge is 0.265 e. The lowest BCUT2D eigenvalue weighted by Crippen LogP contribution is -2.21. The molecule has 0 atom stereocenters. The minimum atomic E-state index is -0.0673. The van der Waals surface area contributed by atoms with Crippen LogP contribution in [0.25, 0.3) is 21.8 Å². The molecule has 0 saturated heterocycles. The molecule has 0 aliphatic heterocycles. The number of rotatable bonds is 4. The molecule has 0 unspecified atom stereocenters. The highest BCUT2D eigenvalue weighted by atomic mass is 32.1. The zero-order valence-electron chi connectivity index (χ0n) is 14.2. The number of carbonyl (C=O) groups excluding carboxylic acids is 1. The van der Waals surface area contributed by atoms with Gasteiger partial charge in [0, 0.05) is 30.1 Å². The Morgan fingerprint density at radius 3 is 2.44 bits per heavy atom. The Balaban J connectivity index is 2.17. The van der Waals surface area contributed by atoms with Crippen LogP contribution in [0.3, 0.4) is 0 Å². The molecular formula is C18H18N4OS2. The SMILES string of the molecule is Cc1sc(C(=N)N)cc1-c1nc(-c2ccccc2)c(C(=O)N(C)C)s1. The van der Waals surface area contributed by atoms with Crippen molar-refractivity contribution in [3.63, 3.8) is 0 Å². The van der Waals surface area contributed by atoms with E-state index in [0.717, 1.165) is 21.0 Å². The molecule has 5 nitrogen and oxygen atoms in total. The van der Waals surface area contributed by atoms with Crippen molar-refractivity contribution in [1.29, 1.82) is 5.41 Å². The lowest BCUT2D eigenvalue weighted by atomic mass is 10.1. The van der Waals surface area contributed by atoms with Crippen molar-refractivity contribution in [1.82, 2.24) is 9.88 Å². The number of nitrogens with one attached hydrogen (secondary N) is 1. The molecular weight excluding hydrogens is 352 g/mol. The number of amides is 1. The molecule has 25 heavy (non-hydrogen) atoms. The van der Waals surface area contributed by atoms with E-state index in [2.05, 4.69) is 0 Å². The molecule has 3 aromatic rings. The Kier molecular flexibility index (Phi) is 4.69.